The van der Waals surface area contributed by atoms with Gasteiger partial charge in [0, 0.05) is 4.83 Å². The highest BCUT2D eigenvalue weighted by molar-refractivity contribution is 9.09. The third kappa shape index (κ3) is 3.58. The summed E-state index contributed by atoms with van der Waals surface area (Å²) in [6.45, 7) is 2.20. The van der Waals surface area contributed by atoms with Gasteiger partial charge in [0.2, 0.25) is 0 Å². The Labute approximate surface area is 118 Å². The van der Waals surface area contributed by atoms with Crippen molar-refractivity contribution in [2.45, 2.75) is 30.5 Å². The summed E-state index contributed by atoms with van der Waals surface area (Å²) in [5, 5.41) is 0. The molecule has 1 aliphatic heterocycles. The highest BCUT2D eigenvalue weighted by atomic mass is 79.9. The van der Waals surface area contributed by atoms with Crippen LogP contribution in [0.4, 0.5) is 0 Å². The predicted molar refractivity (Wildman–Crippen MR) is 78.9 cm³/mol. The first kappa shape index (κ1) is 14.1. The number of rotatable bonds is 4. The Morgan fingerprint density at radius 1 is 1.33 bits per heavy atom. The van der Waals surface area contributed by atoms with Crippen molar-refractivity contribution in [1.29, 1.82) is 0 Å². The number of sulfone groups is 1. The minimum absolute atomic E-state index is 0.279. The van der Waals surface area contributed by atoms with Gasteiger partial charge in [0.1, 0.15) is 0 Å². The summed E-state index contributed by atoms with van der Waals surface area (Å²) in [7, 11) is -2.77. The molecule has 1 aromatic carbocycles. The van der Waals surface area contributed by atoms with Gasteiger partial charge in [-0.2, -0.15) is 0 Å². The normalized spacial score (nSPS) is 25.8. The molecule has 4 heteroatoms. The lowest BCUT2D eigenvalue weighted by Crippen LogP contribution is -2.18. The zero-order valence-corrected chi connectivity index (χ0v) is 13.0. The quantitative estimate of drug-likeness (QED) is 0.793. The molecule has 1 aliphatic rings. The minimum atomic E-state index is -2.77. The molecule has 2 rings (SSSR count). The van der Waals surface area contributed by atoms with Crippen LogP contribution in [-0.4, -0.2) is 24.8 Å². The fourth-order valence-corrected chi connectivity index (χ4v) is 5.70. The Morgan fingerprint density at radius 2 is 2.00 bits per heavy atom. The Balaban J connectivity index is 1.94. The smallest absolute Gasteiger partial charge is 0.150 e. The number of halogens is 1. The minimum Gasteiger partial charge on any atom is -0.229 e. The van der Waals surface area contributed by atoms with Crippen LogP contribution in [0.5, 0.6) is 0 Å². The zero-order chi connectivity index (χ0) is 13.2. The van der Waals surface area contributed by atoms with Gasteiger partial charge in [0.25, 0.3) is 0 Å². The molecule has 1 saturated heterocycles. The highest BCUT2D eigenvalue weighted by Gasteiger charge is 2.33. The molecule has 0 aromatic heterocycles. The second-order valence-corrected chi connectivity index (χ2v) is 8.63. The summed E-state index contributed by atoms with van der Waals surface area (Å²) in [5.74, 6) is 1.45. The third-order valence-corrected chi connectivity index (χ3v) is 6.64. The van der Waals surface area contributed by atoms with Crippen LogP contribution < -0.4 is 0 Å². The van der Waals surface area contributed by atoms with E-state index in [1.54, 1.807) is 0 Å². The molecule has 0 amide bonds. The number of hydrogen-bond donors (Lipinski definition) is 0. The average molecular weight is 331 g/mol. The van der Waals surface area contributed by atoms with E-state index in [0.717, 1.165) is 12.8 Å². The van der Waals surface area contributed by atoms with E-state index in [9.17, 15) is 8.42 Å². The zero-order valence-electron chi connectivity index (χ0n) is 10.5. The number of alkyl halides is 1. The molecule has 0 bridgehead atoms. The molecule has 18 heavy (non-hydrogen) atoms. The fourth-order valence-electron chi connectivity index (χ4n) is 2.56. The lowest BCUT2D eigenvalue weighted by atomic mass is 9.91. The molecule has 0 spiro atoms. The summed E-state index contributed by atoms with van der Waals surface area (Å²) >= 11 is 3.69. The van der Waals surface area contributed by atoms with Gasteiger partial charge < -0.3 is 0 Å². The molecule has 100 valence electrons. The Kier molecular flexibility index (Phi) is 4.49. The van der Waals surface area contributed by atoms with Crippen LogP contribution in [0.3, 0.4) is 0 Å². The second-order valence-electron chi connectivity index (χ2n) is 5.23. The molecule has 3 atom stereocenters. The molecular formula is C14H19BrO2S. The van der Waals surface area contributed by atoms with E-state index in [1.807, 2.05) is 6.07 Å². The first-order chi connectivity index (χ1) is 8.48. The van der Waals surface area contributed by atoms with Gasteiger partial charge in [0.05, 0.1) is 11.5 Å². The molecule has 0 radical (unpaired) electrons. The molecule has 1 heterocycles. The maximum atomic E-state index is 11.5. The van der Waals surface area contributed by atoms with Crippen molar-refractivity contribution in [3.63, 3.8) is 0 Å². The van der Waals surface area contributed by atoms with Gasteiger partial charge in [-0.05, 0) is 30.2 Å². The highest BCUT2D eigenvalue weighted by Crippen LogP contribution is 2.33. The SMILES string of the molecule is CC(CC(Br)C1CCS(=O)(=O)C1)c1ccccc1. The maximum absolute atomic E-state index is 11.5. The van der Waals surface area contributed by atoms with Crippen molar-refractivity contribution in [3.05, 3.63) is 35.9 Å². The predicted octanol–water partition coefficient (Wildman–Crippen LogP) is 3.38. The standard InChI is InChI=1S/C14H19BrO2S/c1-11(12-5-3-2-4-6-12)9-14(15)13-7-8-18(16,17)10-13/h2-6,11,13-14H,7-10H2,1H3. The summed E-state index contributed by atoms with van der Waals surface area (Å²) in [6, 6.07) is 10.4. The van der Waals surface area contributed by atoms with Crippen LogP contribution >= 0.6 is 15.9 Å². The van der Waals surface area contributed by atoms with Crippen molar-refractivity contribution in [2.75, 3.05) is 11.5 Å². The molecule has 0 N–H and O–H groups in total. The lowest BCUT2D eigenvalue weighted by Gasteiger charge is -2.20. The van der Waals surface area contributed by atoms with Crippen LogP contribution in [-0.2, 0) is 9.84 Å². The third-order valence-electron chi connectivity index (χ3n) is 3.73. The molecular weight excluding hydrogens is 312 g/mol. The topological polar surface area (TPSA) is 34.1 Å². The monoisotopic (exact) mass is 330 g/mol. The van der Waals surface area contributed by atoms with Gasteiger partial charge in [-0.1, -0.05) is 53.2 Å². The van der Waals surface area contributed by atoms with Crippen molar-refractivity contribution in [1.82, 2.24) is 0 Å². The van der Waals surface area contributed by atoms with E-state index in [1.165, 1.54) is 5.56 Å². The van der Waals surface area contributed by atoms with E-state index in [-0.39, 0.29) is 5.92 Å². The molecule has 2 nitrogen and oxygen atoms in total. The Bertz CT molecular complexity index is 484. The van der Waals surface area contributed by atoms with Gasteiger partial charge in [-0.3, -0.25) is 0 Å². The van der Waals surface area contributed by atoms with Crippen LogP contribution in [0.25, 0.3) is 0 Å². The fraction of sp³-hybridized carbons (Fsp3) is 0.571. The largest absolute Gasteiger partial charge is 0.229 e. The van der Waals surface area contributed by atoms with E-state index < -0.39 is 9.84 Å². The van der Waals surface area contributed by atoms with Gasteiger partial charge in [-0.25, -0.2) is 8.42 Å². The van der Waals surface area contributed by atoms with E-state index >= 15 is 0 Å². The van der Waals surface area contributed by atoms with E-state index in [4.69, 9.17) is 0 Å². The van der Waals surface area contributed by atoms with Crippen molar-refractivity contribution < 1.29 is 8.42 Å². The number of benzene rings is 1. The Morgan fingerprint density at radius 3 is 2.56 bits per heavy atom. The summed E-state index contributed by atoms with van der Waals surface area (Å²) < 4.78 is 23.0. The first-order valence-electron chi connectivity index (χ1n) is 6.37. The lowest BCUT2D eigenvalue weighted by molar-refractivity contribution is 0.511. The summed E-state index contributed by atoms with van der Waals surface area (Å²) in [5.41, 5.74) is 1.32. The maximum Gasteiger partial charge on any atom is 0.150 e. The van der Waals surface area contributed by atoms with Crippen molar-refractivity contribution >= 4 is 25.8 Å². The first-order valence-corrected chi connectivity index (χ1v) is 9.11. The molecule has 1 fully saturated rings. The van der Waals surface area contributed by atoms with Gasteiger partial charge in [0.15, 0.2) is 9.84 Å². The summed E-state index contributed by atoms with van der Waals surface area (Å²) in [6.07, 6.45) is 1.80. The molecule has 3 unspecified atom stereocenters. The van der Waals surface area contributed by atoms with Crippen molar-refractivity contribution in [3.8, 4) is 0 Å². The van der Waals surface area contributed by atoms with E-state index in [2.05, 4.69) is 47.1 Å². The molecule has 0 saturated carbocycles. The molecule has 1 aromatic rings. The second kappa shape index (κ2) is 5.74. The Hall–Kier alpha value is -0.350. The van der Waals surface area contributed by atoms with E-state index in [0.29, 0.717) is 22.3 Å². The summed E-state index contributed by atoms with van der Waals surface area (Å²) in [4.78, 5) is 0.296. The number of hydrogen-bond acceptors (Lipinski definition) is 2. The van der Waals surface area contributed by atoms with Crippen LogP contribution in [0.2, 0.25) is 0 Å². The van der Waals surface area contributed by atoms with Gasteiger partial charge >= 0.3 is 0 Å². The average Bonchev–Trinajstić information content (AvgIpc) is 2.71. The van der Waals surface area contributed by atoms with Crippen molar-refractivity contribution in [2.24, 2.45) is 5.92 Å². The van der Waals surface area contributed by atoms with Crippen LogP contribution in [0, 0.1) is 5.92 Å². The van der Waals surface area contributed by atoms with Crippen LogP contribution in [0.15, 0.2) is 30.3 Å². The van der Waals surface area contributed by atoms with Crippen LogP contribution in [0.1, 0.15) is 31.2 Å². The van der Waals surface area contributed by atoms with Gasteiger partial charge in [-0.15, -0.1) is 0 Å². The molecule has 0 aliphatic carbocycles.